The molecule has 3 rings (SSSR count). The lowest BCUT2D eigenvalue weighted by Crippen LogP contribution is -2.44. The first-order valence-corrected chi connectivity index (χ1v) is 8.42. The Morgan fingerprint density at radius 2 is 2.19 bits per heavy atom. The maximum atomic E-state index is 8.94. The molecule has 0 aromatic carbocycles. The molecule has 3 heterocycles. The number of nitrogens with zero attached hydrogens (tertiary/aromatic N) is 4. The van der Waals surface area contributed by atoms with E-state index in [1.54, 1.807) is 17.7 Å². The molecule has 2 aromatic rings. The average molecular weight is 306 g/mol. The summed E-state index contributed by atoms with van der Waals surface area (Å²) in [7, 11) is 2.16. The average Bonchev–Trinajstić information content (AvgIpc) is 3.01. The summed E-state index contributed by atoms with van der Waals surface area (Å²) in [6.07, 6.45) is 4.83. The van der Waals surface area contributed by atoms with Crippen molar-refractivity contribution in [3.63, 3.8) is 0 Å². The summed E-state index contributed by atoms with van der Waals surface area (Å²) >= 11 is 1.67. The number of aromatic nitrogens is 2. The molecule has 0 bridgehead atoms. The molecule has 0 atom stereocenters. The van der Waals surface area contributed by atoms with Gasteiger partial charge in [0.1, 0.15) is 17.0 Å². The third-order valence-electron chi connectivity index (χ3n) is 4.30. The minimum atomic E-state index is 0.278. The largest absolute Gasteiger partial charge is 0.396 e. The Labute approximate surface area is 129 Å². The number of hydrogen-bond donors (Lipinski definition) is 1. The highest BCUT2D eigenvalue weighted by Gasteiger charge is 2.24. The zero-order valence-electron chi connectivity index (χ0n) is 12.4. The van der Waals surface area contributed by atoms with Crippen LogP contribution in [0.3, 0.4) is 0 Å². The van der Waals surface area contributed by atoms with Crippen LogP contribution in [-0.4, -0.2) is 59.3 Å². The molecule has 0 unspecified atom stereocenters. The van der Waals surface area contributed by atoms with Crippen LogP contribution in [0.15, 0.2) is 17.8 Å². The smallest absolute Gasteiger partial charge is 0.140 e. The molecular weight excluding hydrogens is 284 g/mol. The third-order valence-corrected chi connectivity index (χ3v) is 5.12. The van der Waals surface area contributed by atoms with Crippen LogP contribution < -0.4 is 4.90 Å². The van der Waals surface area contributed by atoms with E-state index in [4.69, 9.17) is 5.11 Å². The number of aliphatic hydroxyl groups is 1. The molecule has 1 fully saturated rings. The SMILES string of the molecule is CN(CCCO)C1CCN(c2ncnc3sccc23)CC1. The number of anilines is 1. The highest BCUT2D eigenvalue weighted by molar-refractivity contribution is 7.16. The molecule has 0 radical (unpaired) electrons. The second kappa shape index (κ2) is 6.68. The Kier molecular flexibility index (Phi) is 4.67. The third kappa shape index (κ3) is 3.17. The van der Waals surface area contributed by atoms with Crippen molar-refractivity contribution in [1.82, 2.24) is 14.9 Å². The lowest BCUT2D eigenvalue weighted by molar-refractivity contribution is 0.184. The van der Waals surface area contributed by atoms with E-state index in [9.17, 15) is 0 Å². The van der Waals surface area contributed by atoms with Gasteiger partial charge in [0.15, 0.2) is 0 Å². The molecule has 5 nitrogen and oxygen atoms in total. The standard InChI is InChI=1S/C15H22N4OS/c1-18(6-2-9-20)12-3-7-19(8-4-12)14-13-5-10-21-15(13)17-11-16-14/h5,10-12,20H,2-4,6-9H2,1H3. The van der Waals surface area contributed by atoms with Gasteiger partial charge in [-0.2, -0.15) is 0 Å². The van der Waals surface area contributed by atoms with Crippen LogP contribution in [0.5, 0.6) is 0 Å². The van der Waals surface area contributed by atoms with Crippen LogP contribution in [0.25, 0.3) is 10.2 Å². The minimum absolute atomic E-state index is 0.278. The topological polar surface area (TPSA) is 52.5 Å². The van der Waals surface area contributed by atoms with E-state index in [2.05, 4.69) is 38.3 Å². The van der Waals surface area contributed by atoms with Gasteiger partial charge in [-0.1, -0.05) is 0 Å². The molecular formula is C15H22N4OS. The Balaban J connectivity index is 1.64. The van der Waals surface area contributed by atoms with Gasteiger partial charge in [0.2, 0.25) is 0 Å². The molecule has 0 amide bonds. The van der Waals surface area contributed by atoms with E-state index in [1.807, 2.05) is 0 Å². The maximum Gasteiger partial charge on any atom is 0.140 e. The van der Waals surface area contributed by atoms with Crippen molar-refractivity contribution in [2.75, 3.05) is 38.2 Å². The lowest BCUT2D eigenvalue weighted by Gasteiger charge is -2.37. The number of aliphatic hydroxyl groups excluding tert-OH is 1. The fraction of sp³-hybridized carbons (Fsp3) is 0.600. The van der Waals surface area contributed by atoms with Crippen LogP contribution in [-0.2, 0) is 0 Å². The highest BCUT2D eigenvalue weighted by Crippen LogP contribution is 2.29. The minimum Gasteiger partial charge on any atom is -0.396 e. The summed E-state index contributed by atoms with van der Waals surface area (Å²) in [5.74, 6) is 1.08. The number of thiophene rings is 1. The molecule has 6 heteroatoms. The van der Waals surface area contributed by atoms with Crippen molar-refractivity contribution in [3.8, 4) is 0 Å². The fourth-order valence-corrected chi connectivity index (χ4v) is 3.78. The van der Waals surface area contributed by atoms with Crippen molar-refractivity contribution in [2.24, 2.45) is 0 Å². The zero-order valence-corrected chi connectivity index (χ0v) is 13.2. The van der Waals surface area contributed by atoms with Crippen molar-refractivity contribution in [3.05, 3.63) is 17.8 Å². The predicted molar refractivity (Wildman–Crippen MR) is 87.0 cm³/mol. The summed E-state index contributed by atoms with van der Waals surface area (Å²) in [5, 5.41) is 12.2. The molecule has 114 valence electrons. The summed E-state index contributed by atoms with van der Waals surface area (Å²) in [6, 6.07) is 2.74. The Hall–Kier alpha value is -1.24. The first-order chi connectivity index (χ1) is 10.3. The van der Waals surface area contributed by atoms with E-state index < -0.39 is 0 Å². The summed E-state index contributed by atoms with van der Waals surface area (Å²) in [5.41, 5.74) is 0. The molecule has 21 heavy (non-hydrogen) atoms. The number of piperidine rings is 1. The summed E-state index contributed by atoms with van der Waals surface area (Å²) in [4.78, 5) is 14.7. The summed E-state index contributed by atoms with van der Waals surface area (Å²) < 4.78 is 0. The van der Waals surface area contributed by atoms with Gasteiger partial charge in [0.25, 0.3) is 0 Å². The Morgan fingerprint density at radius 3 is 2.95 bits per heavy atom. The van der Waals surface area contributed by atoms with Gasteiger partial charge in [0.05, 0.1) is 5.39 Å². The van der Waals surface area contributed by atoms with E-state index in [0.29, 0.717) is 6.04 Å². The predicted octanol–water partition coefficient (Wildman–Crippen LogP) is 1.97. The van der Waals surface area contributed by atoms with Crippen molar-refractivity contribution in [1.29, 1.82) is 0 Å². The number of fused-ring (bicyclic) bond motifs is 1. The quantitative estimate of drug-likeness (QED) is 0.915. The molecule has 2 aromatic heterocycles. The Morgan fingerprint density at radius 1 is 1.38 bits per heavy atom. The van der Waals surface area contributed by atoms with Crippen molar-refractivity contribution in [2.45, 2.75) is 25.3 Å². The lowest BCUT2D eigenvalue weighted by atomic mass is 10.0. The second-order valence-electron chi connectivity index (χ2n) is 5.61. The first-order valence-electron chi connectivity index (χ1n) is 7.54. The van der Waals surface area contributed by atoms with Crippen LogP contribution in [0.1, 0.15) is 19.3 Å². The molecule has 1 N–H and O–H groups in total. The zero-order chi connectivity index (χ0) is 14.7. The van der Waals surface area contributed by atoms with Crippen LogP contribution in [0, 0.1) is 0 Å². The first kappa shape index (κ1) is 14.7. The van der Waals surface area contributed by atoms with Gasteiger partial charge in [-0.25, -0.2) is 9.97 Å². The van der Waals surface area contributed by atoms with E-state index in [0.717, 1.165) is 49.5 Å². The fourth-order valence-electron chi connectivity index (χ4n) is 3.05. The monoisotopic (exact) mass is 306 g/mol. The van der Waals surface area contributed by atoms with Crippen LogP contribution in [0.4, 0.5) is 5.82 Å². The summed E-state index contributed by atoms with van der Waals surface area (Å²) in [6.45, 7) is 3.33. The van der Waals surface area contributed by atoms with E-state index in [-0.39, 0.29) is 6.61 Å². The van der Waals surface area contributed by atoms with Crippen LogP contribution >= 0.6 is 11.3 Å². The number of rotatable bonds is 5. The van der Waals surface area contributed by atoms with Gasteiger partial charge >= 0.3 is 0 Å². The maximum absolute atomic E-state index is 8.94. The van der Waals surface area contributed by atoms with E-state index >= 15 is 0 Å². The van der Waals surface area contributed by atoms with E-state index in [1.165, 1.54) is 5.39 Å². The van der Waals surface area contributed by atoms with Gasteiger partial charge in [-0.05, 0) is 37.8 Å². The molecule has 0 spiro atoms. The Bertz CT molecular complexity index is 580. The van der Waals surface area contributed by atoms with Crippen LogP contribution in [0.2, 0.25) is 0 Å². The molecule has 0 aliphatic carbocycles. The molecule has 1 aliphatic heterocycles. The number of hydrogen-bond acceptors (Lipinski definition) is 6. The highest BCUT2D eigenvalue weighted by atomic mass is 32.1. The van der Waals surface area contributed by atoms with Gasteiger partial charge in [-0.3, -0.25) is 0 Å². The second-order valence-corrected chi connectivity index (χ2v) is 6.51. The van der Waals surface area contributed by atoms with Crippen molar-refractivity contribution >= 4 is 27.4 Å². The molecule has 1 aliphatic rings. The van der Waals surface area contributed by atoms with Crippen molar-refractivity contribution < 1.29 is 5.11 Å². The van der Waals surface area contributed by atoms with Gasteiger partial charge in [0, 0.05) is 32.3 Å². The van der Waals surface area contributed by atoms with Gasteiger partial charge < -0.3 is 14.9 Å². The normalized spacial score (nSPS) is 17.0. The molecule has 0 saturated carbocycles. The van der Waals surface area contributed by atoms with Gasteiger partial charge in [-0.15, -0.1) is 11.3 Å². The molecule has 1 saturated heterocycles.